The smallest absolute Gasteiger partial charge is 0.291 e. The molecular weight excluding hydrogens is 428 g/mol. The van der Waals surface area contributed by atoms with Crippen LogP contribution in [0, 0.1) is 0 Å². The number of ether oxygens (including phenoxy) is 3. The second kappa shape index (κ2) is 10.2. The number of nitrogens with zero attached hydrogens (tertiary/aromatic N) is 1. The van der Waals surface area contributed by atoms with Gasteiger partial charge in [0.25, 0.3) is 5.91 Å². The molecule has 32 heavy (non-hydrogen) atoms. The Morgan fingerprint density at radius 1 is 1.16 bits per heavy atom. The molecule has 2 aromatic heterocycles. The summed E-state index contributed by atoms with van der Waals surface area (Å²) >= 11 is 1.60. The number of methoxy groups -OCH3 is 2. The standard InChI is InChI=1S/C24H28N2O5S/c1-4-17-15-18(24(32-17)25-23(27)20-6-5-11-31-20)22(26-9-12-30-13-10-26)16-7-8-19(28-2)21(14-16)29-3/h5-8,11,14-15,22H,4,9-10,12-13H2,1-3H3,(H,25,27)/t22-/m1/s1. The molecule has 0 saturated carbocycles. The highest BCUT2D eigenvalue weighted by Gasteiger charge is 2.29. The summed E-state index contributed by atoms with van der Waals surface area (Å²) in [6, 6.07) is 11.5. The molecule has 0 radical (unpaired) electrons. The number of carbonyl (C=O) groups is 1. The van der Waals surface area contributed by atoms with E-state index in [1.807, 2.05) is 12.1 Å². The van der Waals surface area contributed by atoms with Crippen LogP contribution in [0.2, 0.25) is 0 Å². The van der Waals surface area contributed by atoms with E-state index in [1.54, 1.807) is 37.7 Å². The van der Waals surface area contributed by atoms with E-state index < -0.39 is 0 Å². The number of amides is 1. The van der Waals surface area contributed by atoms with Crippen LogP contribution in [0.1, 0.15) is 39.5 Å². The van der Waals surface area contributed by atoms with E-state index >= 15 is 0 Å². The molecule has 170 valence electrons. The number of carbonyl (C=O) groups excluding carboxylic acids is 1. The molecule has 1 aliphatic rings. The molecule has 1 amide bonds. The van der Waals surface area contributed by atoms with Crippen LogP contribution in [-0.4, -0.2) is 51.3 Å². The molecule has 0 spiro atoms. The summed E-state index contributed by atoms with van der Waals surface area (Å²) in [4.78, 5) is 16.4. The summed E-state index contributed by atoms with van der Waals surface area (Å²) in [5.74, 6) is 1.39. The SMILES string of the molecule is CCc1cc([C@@H](c2ccc(OC)c(OC)c2)N2CCOCC2)c(NC(=O)c2ccco2)s1. The quantitative estimate of drug-likeness (QED) is 0.534. The highest BCUT2D eigenvalue weighted by molar-refractivity contribution is 7.16. The van der Waals surface area contributed by atoms with Gasteiger partial charge in [0.2, 0.25) is 0 Å². The minimum absolute atomic E-state index is 0.0674. The molecule has 1 aliphatic heterocycles. The normalized spacial score (nSPS) is 15.3. The van der Waals surface area contributed by atoms with Gasteiger partial charge in [0.1, 0.15) is 5.00 Å². The molecule has 1 atom stereocenters. The Balaban J connectivity index is 1.77. The number of hydrogen-bond acceptors (Lipinski definition) is 7. The third kappa shape index (κ3) is 4.67. The lowest BCUT2D eigenvalue weighted by Crippen LogP contribution is -2.39. The second-order valence-corrected chi connectivity index (χ2v) is 8.58. The van der Waals surface area contributed by atoms with Crippen LogP contribution < -0.4 is 14.8 Å². The van der Waals surface area contributed by atoms with E-state index in [1.165, 1.54) is 11.1 Å². The van der Waals surface area contributed by atoms with Crippen molar-refractivity contribution in [3.63, 3.8) is 0 Å². The fraction of sp³-hybridized carbons (Fsp3) is 0.375. The number of hydrogen-bond donors (Lipinski definition) is 1. The molecule has 1 saturated heterocycles. The van der Waals surface area contributed by atoms with Gasteiger partial charge in [-0.1, -0.05) is 13.0 Å². The van der Waals surface area contributed by atoms with Gasteiger partial charge >= 0.3 is 0 Å². The van der Waals surface area contributed by atoms with Crippen LogP contribution >= 0.6 is 11.3 Å². The average molecular weight is 457 g/mol. The Morgan fingerprint density at radius 2 is 1.94 bits per heavy atom. The van der Waals surface area contributed by atoms with Gasteiger partial charge in [-0.25, -0.2) is 0 Å². The number of nitrogens with one attached hydrogen (secondary N) is 1. The molecule has 8 heteroatoms. The molecule has 3 heterocycles. The number of thiophene rings is 1. The van der Waals surface area contributed by atoms with Crippen molar-refractivity contribution in [3.8, 4) is 11.5 Å². The Morgan fingerprint density at radius 3 is 2.59 bits per heavy atom. The summed E-state index contributed by atoms with van der Waals surface area (Å²) in [5, 5.41) is 3.91. The topological polar surface area (TPSA) is 73.2 Å². The number of aryl methyl sites for hydroxylation is 1. The number of furan rings is 1. The van der Waals surface area contributed by atoms with Gasteiger partial charge in [-0.2, -0.15) is 0 Å². The Hall–Kier alpha value is -2.81. The maximum atomic E-state index is 12.8. The van der Waals surface area contributed by atoms with E-state index in [9.17, 15) is 4.79 Å². The van der Waals surface area contributed by atoms with E-state index in [2.05, 4.69) is 29.3 Å². The van der Waals surface area contributed by atoms with Crippen LogP contribution in [0.5, 0.6) is 11.5 Å². The van der Waals surface area contributed by atoms with Gasteiger partial charge in [-0.15, -0.1) is 11.3 Å². The molecule has 1 fully saturated rings. The molecule has 4 rings (SSSR count). The first-order valence-electron chi connectivity index (χ1n) is 10.7. The summed E-state index contributed by atoms with van der Waals surface area (Å²) in [6.07, 6.45) is 2.39. The Labute approximate surface area is 191 Å². The van der Waals surface area contributed by atoms with Crippen LogP contribution in [0.15, 0.2) is 47.1 Å². The lowest BCUT2D eigenvalue weighted by atomic mass is 9.97. The molecule has 1 N–H and O–H groups in total. The highest BCUT2D eigenvalue weighted by Crippen LogP contribution is 2.42. The molecule has 1 aromatic carbocycles. The maximum absolute atomic E-state index is 12.8. The van der Waals surface area contributed by atoms with Crippen LogP contribution in [-0.2, 0) is 11.2 Å². The molecule has 0 aliphatic carbocycles. The van der Waals surface area contributed by atoms with Crippen molar-refractivity contribution in [1.82, 2.24) is 4.90 Å². The molecule has 3 aromatic rings. The molecular formula is C24H28N2O5S. The van der Waals surface area contributed by atoms with Crippen molar-refractivity contribution in [2.45, 2.75) is 19.4 Å². The first kappa shape index (κ1) is 22.4. The Bertz CT molecular complexity index is 1040. The van der Waals surface area contributed by atoms with Crippen LogP contribution in [0.25, 0.3) is 0 Å². The number of morpholine rings is 1. The van der Waals surface area contributed by atoms with E-state index in [0.29, 0.717) is 24.7 Å². The average Bonchev–Trinajstić information content (AvgIpc) is 3.50. The maximum Gasteiger partial charge on any atom is 0.291 e. The molecule has 0 unspecified atom stereocenters. The minimum atomic E-state index is -0.256. The zero-order chi connectivity index (χ0) is 22.5. The fourth-order valence-electron chi connectivity index (χ4n) is 3.95. The van der Waals surface area contributed by atoms with Gasteiger partial charge in [0.15, 0.2) is 17.3 Å². The highest BCUT2D eigenvalue weighted by atomic mass is 32.1. The van der Waals surface area contributed by atoms with Gasteiger partial charge in [0, 0.05) is 23.5 Å². The van der Waals surface area contributed by atoms with Crippen molar-refractivity contribution in [3.05, 3.63) is 64.4 Å². The third-order valence-corrected chi connectivity index (χ3v) is 6.77. The summed E-state index contributed by atoms with van der Waals surface area (Å²) in [5.41, 5.74) is 2.12. The van der Waals surface area contributed by atoms with E-state index in [4.69, 9.17) is 18.6 Å². The van der Waals surface area contributed by atoms with Gasteiger partial charge in [-0.3, -0.25) is 9.69 Å². The summed E-state index contributed by atoms with van der Waals surface area (Å²) in [7, 11) is 3.27. The van der Waals surface area contributed by atoms with Crippen molar-refractivity contribution >= 4 is 22.2 Å². The zero-order valence-electron chi connectivity index (χ0n) is 18.6. The van der Waals surface area contributed by atoms with Crippen molar-refractivity contribution in [2.75, 3.05) is 45.8 Å². The van der Waals surface area contributed by atoms with Gasteiger partial charge < -0.3 is 23.9 Å². The van der Waals surface area contributed by atoms with Crippen molar-refractivity contribution in [2.24, 2.45) is 0 Å². The van der Waals surface area contributed by atoms with E-state index in [-0.39, 0.29) is 17.7 Å². The zero-order valence-corrected chi connectivity index (χ0v) is 19.4. The largest absolute Gasteiger partial charge is 0.493 e. The fourth-order valence-corrected chi connectivity index (χ4v) is 4.98. The third-order valence-electron chi connectivity index (χ3n) is 5.56. The first-order chi connectivity index (χ1) is 15.6. The lowest BCUT2D eigenvalue weighted by molar-refractivity contribution is 0.0241. The minimum Gasteiger partial charge on any atom is -0.493 e. The van der Waals surface area contributed by atoms with Gasteiger partial charge in [-0.05, 0) is 42.3 Å². The predicted molar refractivity (Wildman–Crippen MR) is 124 cm³/mol. The Kier molecular flexibility index (Phi) is 7.14. The number of rotatable bonds is 8. The number of anilines is 1. The predicted octanol–water partition coefficient (Wildman–Crippen LogP) is 4.59. The van der Waals surface area contributed by atoms with Crippen molar-refractivity contribution in [1.29, 1.82) is 0 Å². The molecule has 0 bridgehead atoms. The lowest BCUT2D eigenvalue weighted by Gasteiger charge is -2.35. The van der Waals surface area contributed by atoms with E-state index in [0.717, 1.165) is 35.6 Å². The monoisotopic (exact) mass is 456 g/mol. The molecule has 7 nitrogen and oxygen atoms in total. The number of benzene rings is 1. The summed E-state index contributed by atoms with van der Waals surface area (Å²) in [6.45, 7) is 5.04. The van der Waals surface area contributed by atoms with Crippen molar-refractivity contribution < 1.29 is 23.4 Å². The summed E-state index contributed by atoms with van der Waals surface area (Å²) < 4.78 is 21.9. The first-order valence-corrected chi connectivity index (χ1v) is 11.5. The van der Waals surface area contributed by atoms with Crippen LogP contribution in [0.3, 0.4) is 0 Å². The van der Waals surface area contributed by atoms with Crippen LogP contribution in [0.4, 0.5) is 5.00 Å². The second-order valence-electron chi connectivity index (χ2n) is 7.45. The van der Waals surface area contributed by atoms with Gasteiger partial charge in [0.05, 0.1) is 39.7 Å².